The Balaban J connectivity index is 1.85. The third-order valence-electron chi connectivity index (χ3n) is 5.72. The molecule has 1 aliphatic rings. The number of halogens is 1. The quantitative estimate of drug-likeness (QED) is 0.420. The van der Waals surface area contributed by atoms with Gasteiger partial charge in [0.1, 0.15) is 18.2 Å². The first kappa shape index (κ1) is 22.7. The maximum Gasteiger partial charge on any atom is 0.161 e. The fourth-order valence-corrected chi connectivity index (χ4v) is 4.48. The third kappa shape index (κ3) is 4.68. The lowest BCUT2D eigenvalue weighted by Crippen LogP contribution is -2.32. The Morgan fingerprint density at radius 2 is 1.61 bits per heavy atom. The van der Waals surface area contributed by atoms with Crippen LogP contribution in [0.3, 0.4) is 0 Å². The summed E-state index contributed by atoms with van der Waals surface area (Å²) in [6.07, 6.45) is 2.22. The number of benzene rings is 3. The van der Waals surface area contributed by atoms with Gasteiger partial charge in [-0.3, -0.25) is 0 Å². The minimum Gasteiger partial charge on any atom is -0.496 e. The summed E-state index contributed by atoms with van der Waals surface area (Å²) >= 11 is 0. The number of rotatable bonds is 7. The predicted molar refractivity (Wildman–Crippen MR) is 132 cm³/mol. The number of nitrogens with one attached hydrogen (secondary N) is 1. The smallest absolute Gasteiger partial charge is 0.161 e. The van der Waals surface area contributed by atoms with Crippen LogP contribution in [0.2, 0.25) is 0 Å². The van der Waals surface area contributed by atoms with Gasteiger partial charge in [-0.2, -0.15) is 0 Å². The largest absolute Gasteiger partial charge is 0.496 e. The van der Waals surface area contributed by atoms with Gasteiger partial charge in [0, 0.05) is 28.4 Å². The Morgan fingerprint density at radius 1 is 0.909 bits per heavy atom. The Labute approximate surface area is 195 Å². The lowest BCUT2D eigenvalue weighted by atomic mass is 9.85. The highest BCUT2D eigenvalue weighted by Gasteiger charge is 2.27. The number of hydrogen-bond donors (Lipinski definition) is 1. The monoisotopic (exact) mass is 447 g/mol. The molecule has 0 saturated carbocycles. The van der Waals surface area contributed by atoms with Crippen LogP contribution >= 0.6 is 0 Å². The molecule has 0 aliphatic carbocycles. The fraction of sp³-hybridized carbons (Fsp3) is 0.286. The molecule has 0 bridgehead atoms. The van der Waals surface area contributed by atoms with Gasteiger partial charge in [-0.1, -0.05) is 24.3 Å². The van der Waals surface area contributed by atoms with Crippen molar-refractivity contribution in [3.05, 3.63) is 77.6 Å². The van der Waals surface area contributed by atoms with Crippen molar-refractivity contribution < 1.29 is 18.6 Å². The Morgan fingerprint density at radius 3 is 2.30 bits per heavy atom. The number of ether oxygens (including phenoxy) is 3. The highest BCUT2D eigenvalue weighted by atomic mass is 19.1. The summed E-state index contributed by atoms with van der Waals surface area (Å²) in [6, 6.07) is 16.4. The van der Waals surface area contributed by atoms with Crippen molar-refractivity contribution in [2.24, 2.45) is 0 Å². The molecule has 172 valence electrons. The molecule has 0 spiro atoms. The zero-order valence-corrected chi connectivity index (χ0v) is 19.8. The predicted octanol–water partition coefficient (Wildman–Crippen LogP) is 7.09. The standard InChI is InChI=1S/C28H30FNO3/c1-6-32-24-9-7-8-10-25(24)33-17-22-20(21-12-11-19(29)15-26(21)31-5)13-14-23-27(22)18(2)16-28(3,4)30-23/h7-16,30H,6,17H2,1-5H3. The molecule has 1 heterocycles. The maximum absolute atomic E-state index is 13.9. The molecule has 0 radical (unpaired) electrons. The summed E-state index contributed by atoms with van der Waals surface area (Å²) in [5.74, 6) is 1.53. The molecule has 3 aromatic rings. The van der Waals surface area contributed by atoms with Gasteiger partial charge in [-0.05, 0) is 69.2 Å². The van der Waals surface area contributed by atoms with Gasteiger partial charge in [0.25, 0.3) is 0 Å². The van der Waals surface area contributed by atoms with Gasteiger partial charge in [0.05, 0.1) is 19.3 Å². The van der Waals surface area contributed by atoms with Crippen LogP contribution in [0.4, 0.5) is 10.1 Å². The van der Waals surface area contributed by atoms with Crippen LogP contribution in [-0.2, 0) is 6.61 Å². The highest BCUT2D eigenvalue weighted by molar-refractivity contribution is 5.88. The molecular weight excluding hydrogens is 417 g/mol. The molecule has 1 N–H and O–H groups in total. The van der Waals surface area contributed by atoms with E-state index in [1.54, 1.807) is 13.2 Å². The first-order valence-corrected chi connectivity index (χ1v) is 11.2. The van der Waals surface area contributed by atoms with Crippen LogP contribution in [0.25, 0.3) is 16.7 Å². The van der Waals surface area contributed by atoms with Gasteiger partial charge in [0.2, 0.25) is 0 Å². The average molecular weight is 448 g/mol. The van der Waals surface area contributed by atoms with Crippen molar-refractivity contribution in [2.75, 3.05) is 19.0 Å². The molecule has 0 unspecified atom stereocenters. The second kappa shape index (κ2) is 9.18. The van der Waals surface area contributed by atoms with Gasteiger partial charge in [-0.25, -0.2) is 4.39 Å². The van der Waals surface area contributed by atoms with E-state index in [-0.39, 0.29) is 11.4 Å². The molecular formula is C28H30FNO3. The van der Waals surface area contributed by atoms with E-state index in [9.17, 15) is 4.39 Å². The van der Waals surface area contributed by atoms with E-state index >= 15 is 0 Å². The van der Waals surface area contributed by atoms with Gasteiger partial charge >= 0.3 is 0 Å². The van der Waals surface area contributed by atoms with E-state index in [0.29, 0.717) is 30.5 Å². The van der Waals surface area contributed by atoms with Crippen LogP contribution in [0, 0.1) is 5.82 Å². The first-order chi connectivity index (χ1) is 15.8. The zero-order valence-electron chi connectivity index (χ0n) is 19.8. The van der Waals surface area contributed by atoms with Gasteiger partial charge in [0.15, 0.2) is 11.5 Å². The third-order valence-corrected chi connectivity index (χ3v) is 5.72. The Bertz CT molecular complexity index is 1200. The molecule has 0 amide bonds. The van der Waals surface area contributed by atoms with E-state index in [0.717, 1.165) is 33.5 Å². The van der Waals surface area contributed by atoms with Crippen LogP contribution in [0.1, 0.15) is 38.8 Å². The number of fused-ring (bicyclic) bond motifs is 1. The number of methoxy groups -OCH3 is 1. The van der Waals surface area contributed by atoms with Crippen molar-refractivity contribution in [3.8, 4) is 28.4 Å². The molecule has 33 heavy (non-hydrogen) atoms. The molecule has 4 nitrogen and oxygen atoms in total. The SMILES string of the molecule is CCOc1ccccc1OCc1c(-c2ccc(F)cc2OC)ccc2c1C(C)=CC(C)(C)N2. The number of anilines is 1. The lowest BCUT2D eigenvalue weighted by molar-refractivity contribution is 0.269. The second-order valence-electron chi connectivity index (χ2n) is 8.70. The van der Waals surface area contributed by atoms with E-state index in [1.165, 1.54) is 12.1 Å². The van der Waals surface area contributed by atoms with Crippen LogP contribution in [-0.4, -0.2) is 19.3 Å². The van der Waals surface area contributed by atoms with E-state index in [1.807, 2.05) is 37.3 Å². The average Bonchev–Trinajstić information content (AvgIpc) is 2.77. The maximum atomic E-state index is 13.9. The van der Waals surface area contributed by atoms with E-state index < -0.39 is 0 Å². The van der Waals surface area contributed by atoms with E-state index in [2.05, 4.69) is 38.2 Å². The number of para-hydroxylation sites is 2. The zero-order chi connectivity index (χ0) is 23.6. The molecule has 3 aromatic carbocycles. The molecule has 0 saturated heterocycles. The minimum atomic E-state index is -0.337. The second-order valence-corrected chi connectivity index (χ2v) is 8.70. The van der Waals surface area contributed by atoms with Crippen molar-refractivity contribution in [1.82, 2.24) is 0 Å². The fourth-order valence-electron chi connectivity index (χ4n) is 4.48. The molecule has 5 heteroatoms. The lowest BCUT2D eigenvalue weighted by Gasteiger charge is -2.33. The van der Waals surface area contributed by atoms with Crippen molar-refractivity contribution in [2.45, 2.75) is 39.8 Å². The van der Waals surface area contributed by atoms with Crippen LogP contribution in [0.15, 0.2) is 60.7 Å². The molecule has 1 aliphatic heterocycles. The van der Waals surface area contributed by atoms with Crippen LogP contribution < -0.4 is 19.5 Å². The topological polar surface area (TPSA) is 39.7 Å². The van der Waals surface area contributed by atoms with Gasteiger partial charge in [-0.15, -0.1) is 0 Å². The molecule has 0 atom stereocenters. The summed E-state index contributed by atoms with van der Waals surface area (Å²) in [5.41, 5.74) is 5.89. The normalized spacial score (nSPS) is 14.1. The van der Waals surface area contributed by atoms with E-state index in [4.69, 9.17) is 14.2 Å². The number of allylic oxidation sites excluding steroid dienone is 1. The van der Waals surface area contributed by atoms with Crippen molar-refractivity contribution in [1.29, 1.82) is 0 Å². The summed E-state index contributed by atoms with van der Waals surface area (Å²) < 4.78 is 31.5. The van der Waals surface area contributed by atoms with Crippen molar-refractivity contribution in [3.63, 3.8) is 0 Å². The summed E-state index contributed by atoms with van der Waals surface area (Å²) in [6.45, 7) is 9.22. The highest BCUT2D eigenvalue weighted by Crippen LogP contribution is 2.43. The first-order valence-electron chi connectivity index (χ1n) is 11.2. The summed E-state index contributed by atoms with van der Waals surface area (Å²) in [5, 5.41) is 3.61. The summed E-state index contributed by atoms with van der Waals surface area (Å²) in [7, 11) is 1.56. The Hall–Kier alpha value is -3.47. The molecule has 0 aromatic heterocycles. The molecule has 4 rings (SSSR count). The van der Waals surface area contributed by atoms with Crippen LogP contribution in [0.5, 0.6) is 17.2 Å². The summed E-state index contributed by atoms with van der Waals surface area (Å²) in [4.78, 5) is 0. The van der Waals surface area contributed by atoms with Crippen molar-refractivity contribution >= 4 is 11.3 Å². The molecule has 0 fully saturated rings. The minimum absolute atomic E-state index is 0.161. The van der Waals surface area contributed by atoms with Gasteiger partial charge < -0.3 is 19.5 Å². The Kier molecular flexibility index (Phi) is 6.32. The number of hydrogen-bond acceptors (Lipinski definition) is 4.